The summed E-state index contributed by atoms with van der Waals surface area (Å²) in [5.74, 6) is 0. The minimum atomic E-state index is 0.632. The summed E-state index contributed by atoms with van der Waals surface area (Å²) in [7, 11) is 0. The quantitative estimate of drug-likeness (QED) is 0.153. The minimum Gasteiger partial charge on any atom is -0.310 e. The van der Waals surface area contributed by atoms with Crippen LogP contribution in [0.15, 0.2) is 237 Å². The molecule has 0 aliphatic carbocycles. The molecule has 0 saturated heterocycles. The largest absolute Gasteiger partial charge is 0.310 e. The van der Waals surface area contributed by atoms with Crippen molar-refractivity contribution in [1.29, 1.82) is 10.5 Å². The maximum Gasteiger partial charge on any atom is 0.0991 e. The second kappa shape index (κ2) is 16.3. The molecule has 0 N–H and O–H groups in total. The highest BCUT2D eigenvalue weighted by Gasteiger charge is 2.20. The van der Waals surface area contributed by atoms with E-state index < -0.39 is 0 Å². The summed E-state index contributed by atoms with van der Waals surface area (Å²) in [5, 5.41) is 23.6. The molecular formula is C62H39N5. The molecule has 5 nitrogen and oxygen atoms in total. The summed E-state index contributed by atoms with van der Waals surface area (Å²) in [4.78, 5) is 2.35. The van der Waals surface area contributed by atoms with Gasteiger partial charge in [-0.3, -0.25) is 0 Å². The predicted molar refractivity (Wildman–Crippen MR) is 276 cm³/mol. The van der Waals surface area contributed by atoms with Gasteiger partial charge in [0.2, 0.25) is 0 Å². The van der Waals surface area contributed by atoms with E-state index in [0.717, 1.165) is 83.2 Å². The van der Waals surface area contributed by atoms with Crippen LogP contribution in [0.2, 0.25) is 0 Å². The van der Waals surface area contributed by atoms with E-state index in [9.17, 15) is 10.5 Å². The Kier molecular flexibility index (Phi) is 9.53. The molecule has 0 fully saturated rings. The van der Waals surface area contributed by atoms with Crippen molar-refractivity contribution in [3.05, 3.63) is 248 Å². The van der Waals surface area contributed by atoms with Crippen LogP contribution < -0.4 is 4.90 Å². The van der Waals surface area contributed by atoms with Crippen molar-refractivity contribution in [3.8, 4) is 56.9 Å². The topological polar surface area (TPSA) is 60.7 Å². The van der Waals surface area contributed by atoms with Gasteiger partial charge in [0.1, 0.15) is 0 Å². The van der Waals surface area contributed by atoms with Crippen LogP contribution >= 0.6 is 0 Å². The van der Waals surface area contributed by atoms with E-state index in [1.807, 2.05) is 54.6 Å². The van der Waals surface area contributed by atoms with Gasteiger partial charge in [0.05, 0.1) is 45.3 Å². The van der Waals surface area contributed by atoms with Crippen LogP contribution in [0.5, 0.6) is 0 Å². The SMILES string of the molecule is N#Cc1ccc(-n2c3ccccc3c3cc(N(c4ccc(-c5ccc(-c6ccc(-c7ccccc7)cc6)cc5)cc4)c4ccc5c(c4)c4ccccc4n5-c4ccc(C#N)cc4)ccc32)cc1. The molecule has 0 unspecified atom stereocenters. The summed E-state index contributed by atoms with van der Waals surface area (Å²) in [5.41, 5.74) is 17.8. The lowest BCUT2D eigenvalue weighted by atomic mass is 9.98. The van der Waals surface area contributed by atoms with E-state index in [0.29, 0.717) is 11.1 Å². The Morgan fingerprint density at radius 1 is 0.284 bits per heavy atom. The molecule has 0 spiro atoms. The van der Waals surface area contributed by atoms with Crippen LogP contribution in [0.3, 0.4) is 0 Å². The van der Waals surface area contributed by atoms with Crippen LogP contribution in [-0.2, 0) is 0 Å². The Morgan fingerprint density at radius 3 is 1.01 bits per heavy atom. The molecule has 0 saturated carbocycles. The zero-order valence-electron chi connectivity index (χ0n) is 36.3. The minimum absolute atomic E-state index is 0.632. The Morgan fingerprint density at radius 2 is 0.612 bits per heavy atom. The summed E-state index contributed by atoms with van der Waals surface area (Å²) in [6, 6.07) is 87.6. The average Bonchev–Trinajstić information content (AvgIpc) is 3.92. The monoisotopic (exact) mass is 853 g/mol. The van der Waals surface area contributed by atoms with Crippen molar-refractivity contribution in [2.45, 2.75) is 0 Å². The highest BCUT2D eigenvalue weighted by atomic mass is 15.1. The van der Waals surface area contributed by atoms with Gasteiger partial charge in [0.25, 0.3) is 0 Å². The molecule has 2 heterocycles. The Balaban J connectivity index is 0.969. The van der Waals surface area contributed by atoms with Gasteiger partial charge in [-0.1, -0.05) is 127 Å². The van der Waals surface area contributed by atoms with Gasteiger partial charge in [-0.25, -0.2) is 0 Å². The van der Waals surface area contributed by atoms with Crippen molar-refractivity contribution in [3.63, 3.8) is 0 Å². The Hall–Kier alpha value is -9.42. The zero-order chi connectivity index (χ0) is 44.8. The molecule has 0 amide bonds. The molecule has 12 aromatic rings. The Labute approximate surface area is 388 Å². The normalized spacial score (nSPS) is 11.3. The fraction of sp³-hybridized carbons (Fsp3) is 0. The molecule has 0 bridgehead atoms. The van der Waals surface area contributed by atoms with Crippen LogP contribution in [0.25, 0.3) is 88.4 Å². The van der Waals surface area contributed by atoms with Gasteiger partial charge < -0.3 is 14.0 Å². The van der Waals surface area contributed by atoms with Crippen LogP contribution in [0.4, 0.5) is 17.1 Å². The lowest BCUT2D eigenvalue weighted by Crippen LogP contribution is -2.10. The maximum absolute atomic E-state index is 9.54. The molecular weight excluding hydrogens is 815 g/mol. The van der Waals surface area contributed by atoms with E-state index in [2.05, 4.69) is 208 Å². The maximum atomic E-state index is 9.54. The van der Waals surface area contributed by atoms with Gasteiger partial charge in [0.15, 0.2) is 0 Å². The molecule has 312 valence electrons. The third-order valence-electron chi connectivity index (χ3n) is 13.0. The standard InChI is InChI=1S/C62H39N5/c63-40-42-14-28-51(29-15-42)66-59-12-6-4-10-55(59)57-38-53(34-36-61(57)66)65(54-35-37-62-58(39-54)56-11-5-7-13-60(56)67(62)52-30-16-43(41-64)17-31-52)50-32-26-49(27-33-50)48-24-22-47(23-25-48)46-20-18-45(19-21-46)44-8-2-1-3-9-44/h1-39H. The number of nitriles is 2. The number of rotatable bonds is 8. The van der Waals surface area contributed by atoms with E-state index in [4.69, 9.17) is 0 Å². The lowest BCUT2D eigenvalue weighted by Gasteiger charge is -2.26. The first kappa shape index (κ1) is 39.2. The van der Waals surface area contributed by atoms with E-state index in [1.54, 1.807) is 0 Å². The number of nitrogens with zero attached hydrogens (tertiary/aromatic N) is 5. The third kappa shape index (κ3) is 6.87. The van der Waals surface area contributed by atoms with Crippen molar-refractivity contribution in [2.24, 2.45) is 0 Å². The first-order valence-electron chi connectivity index (χ1n) is 22.4. The molecule has 0 aliphatic rings. The number of fused-ring (bicyclic) bond motifs is 6. The van der Waals surface area contributed by atoms with Crippen molar-refractivity contribution in [2.75, 3.05) is 4.90 Å². The number of para-hydroxylation sites is 2. The number of hydrogen-bond acceptors (Lipinski definition) is 3. The first-order valence-corrected chi connectivity index (χ1v) is 22.4. The fourth-order valence-electron chi connectivity index (χ4n) is 9.72. The summed E-state index contributed by atoms with van der Waals surface area (Å²) < 4.78 is 4.56. The average molecular weight is 854 g/mol. The van der Waals surface area contributed by atoms with E-state index in [1.165, 1.54) is 22.3 Å². The van der Waals surface area contributed by atoms with Crippen LogP contribution in [-0.4, -0.2) is 9.13 Å². The molecule has 0 radical (unpaired) electrons. The Bertz CT molecular complexity index is 3710. The van der Waals surface area contributed by atoms with Crippen LogP contribution in [0, 0.1) is 22.7 Å². The second-order valence-corrected chi connectivity index (χ2v) is 16.8. The molecule has 0 atom stereocenters. The molecule has 0 aliphatic heterocycles. The first-order chi connectivity index (χ1) is 33.1. The molecule has 67 heavy (non-hydrogen) atoms. The number of benzene rings is 10. The van der Waals surface area contributed by atoms with Gasteiger partial charge >= 0.3 is 0 Å². The smallest absolute Gasteiger partial charge is 0.0991 e. The second-order valence-electron chi connectivity index (χ2n) is 16.8. The molecule has 10 aromatic carbocycles. The number of aromatic nitrogens is 2. The lowest BCUT2D eigenvalue weighted by molar-refractivity contribution is 1.17. The van der Waals surface area contributed by atoms with Gasteiger partial charge in [-0.15, -0.1) is 0 Å². The summed E-state index contributed by atoms with van der Waals surface area (Å²) >= 11 is 0. The van der Waals surface area contributed by atoms with Gasteiger partial charge in [-0.2, -0.15) is 10.5 Å². The third-order valence-corrected chi connectivity index (χ3v) is 13.0. The zero-order valence-corrected chi connectivity index (χ0v) is 36.3. The number of hydrogen-bond donors (Lipinski definition) is 0. The van der Waals surface area contributed by atoms with Crippen molar-refractivity contribution in [1.82, 2.24) is 9.13 Å². The van der Waals surface area contributed by atoms with Gasteiger partial charge in [-0.05, 0) is 143 Å². The number of anilines is 3. The molecule has 5 heteroatoms. The fourth-order valence-corrected chi connectivity index (χ4v) is 9.72. The summed E-state index contributed by atoms with van der Waals surface area (Å²) in [6.45, 7) is 0. The highest BCUT2D eigenvalue weighted by Crippen LogP contribution is 2.43. The predicted octanol–water partition coefficient (Wildman–Crippen LogP) is 16.1. The highest BCUT2D eigenvalue weighted by molar-refractivity contribution is 6.12. The van der Waals surface area contributed by atoms with Crippen LogP contribution in [0.1, 0.15) is 11.1 Å². The van der Waals surface area contributed by atoms with Crippen molar-refractivity contribution >= 4 is 60.7 Å². The summed E-state index contributed by atoms with van der Waals surface area (Å²) in [6.07, 6.45) is 0. The molecule has 2 aromatic heterocycles. The van der Waals surface area contributed by atoms with Crippen molar-refractivity contribution < 1.29 is 0 Å². The molecule has 12 rings (SSSR count). The van der Waals surface area contributed by atoms with Gasteiger partial charge in [0, 0.05) is 50.0 Å². The van der Waals surface area contributed by atoms with E-state index >= 15 is 0 Å². The van der Waals surface area contributed by atoms with E-state index in [-0.39, 0.29) is 0 Å².